The second kappa shape index (κ2) is 5.59. The summed E-state index contributed by atoms with van der Waals surface area (Å²) in [5, 5.41) is 12.0. The van der Waals surface area contributed by atoms with Crippen LogP contribution in [0.1, 0.15) is 73.8 Å². The summed E-state index contributed by atoms with van der Waals surface area (Å²) < 4.78 is 12.3. The van der Waals surface area contributed by atoms with Gasteiger partial charge in [0.1, 0.15) is 16.9 Å². The topological polar surface area (TPSA) is 59.7 Å². The van der Waals surface area contributed by atoms with E-state index in [-0.39, 0.29) is 11.2 Å². The van der Waals surface area contributed by atoms with Gasteiger partial charge in [-0.05, 0) is 63.0 Å². The molecule has 1 N–H and O–H groups in total. The molecule has 4 heteroatoms. The molecule has 1 aromatic heterocycles. The van der Waals surface area contributed by atoms with Crippen LogP contribution >= 0.6 is 0 Å². The number of aryl methyl sites for hydroxylation is 2. The van der Waals surface area contributed by atoms with Crippen molar-refractivity contribution in [2.75, 3.05) is 0 Å². The van der Waals surface area contributed by atoms with Gasteiger partial charge < -0.3 is 14.3 Å². The first-order valence-corrected chi connectivity index (χ1v) is 9.96. The zero-order valence-electron chi connectivity index (χ0n) is 15.6. The predicted molar refractivity (Wildman–Crippen MR) is 99.8 cm³/mol. The summed E-state index contributed by atoms with van der Waals surface area (Å²) in [5.41, 5.74) is 3.82. The van der Waals surface area contributed by atoms with Gasteiger partial charge in [0.15, 0.2) is 0 Å². The van der Waals surface area contributed by atoms with Crippen molar-refractivity contribution in [2.45, 2.75) is 76.9 Å². The third kappa shape index (κ3) is 2.27. The van der Waals surface area contributed by atoms with Crippen LogP contribution in [0.25, 0.3) is 11.0 Å². The van der Waals surface area contributed by atoms with Gasteiger partial charge in [-0.15, -0.1) is 0 Å². The van der Waals surface area contributed by atoms with Crippen LogP contribution in [-0.2, 0) is 12.8 Å². The molecule has 26 heavy (non-hydrogen) atoms. The van der Waals surface area contributed by atoms with Gasteiger partial charge in [0, 0.05) is 28.5 Å². The number of aliphatic hydroxyl groups is 1. The number of benzene rings is 1. The summed E-state index contributed by atoms with van der Waals surface area (Å²) in [6.45, 7) is 4.23. The number of aliphatic hydroxyl groups excluding tert-OH is 1. The molecule has 1 aliphatic heterocycles. The van der Waals surface area contributed by atoms with Crippen molar-refractivity contribution in [3.8, 4) is 5.75 Å². The maximum absolute atomic E-state index is 12.4. The van der Waals surface area contributed by atoms with E-state index in [1.807, 2.05) is 13.0 Å². The average molecular weight is 354 g/mol. The zero-order chi connectivity index (χ0) is 18.1. The van der Waals surface area contributed by atoms with Gasteiger partial charge in [-0.1, -0.05) is 13.3 Å². The highest BCUT2D eigenvalue weighted by molar-refractivity contribution is 5.88. The molecule has 2 heterocycles. The minimum atomic E-state index is -0.517. The molecule has 0 saturated heterocycles. The van der Waals surface area contributed by atoms with E-state index in [0.717, 1.165) is 71.9 Å². The number of hydrogen-bond donors (Lipinski definition) is 1. The molecular weight excluding hydrogens is 328 g/mol. The SMILES string of the molecule is Cc1c2c(cc3c4c(c(=O)oc13)CCC4)[C@H](O)C[C@@]1(CCC[C@@H](C)C1)O2. The van der Waals surface area contributed by atoms with E-state index in [2.05, 4.69) is 6.92 Å². The Morgan fingerprint density at radius 3 is 2.81 bits per heavy atom. The number of fused-ring (bicyclic) bond motifs is 4. The fraction of sp³-hybridized carbons (Fsp3) is 0.591. The van der Waals surface area contributed by atoms with Crippen LogP contribution in [0.4, 0.5) is 0 Å². The smallest absolute Gasteiger partial charge is 0.339 e. The maximum Gasteiger partial charge on any atom is 0.339 e. The van der Waals surface area contributed by atoms with Crippen LogP contribution in [0.3, 0.4) is 0 Å². The number of hydrogen-bond acceptors (Lipinski definition) is 4. The third-order valence-electron chi connectivity index (χ3n) is 6.76. The standard InChI is InChI=1S/C22H26O4/c1-12-5-4-8-22(10-12)11-18(23)17-9-16-14-6-3-7-15(14)21(24)25-19(16)13(2)20(17)26-22/h9,12,18,23H,3-8,10-11H2,1-2H3/t12-,18-,22+/m1/s1. The van der Waals surface area contributed by atoms with Crippen molar-refractivity contribution in [3.05, 3.63) is 38.7 Å². The highest BCUT2D eigenvalue weighted by Crippen LogP contribution is 2.50. The van der Waals surface area contributed by atoms with Crippen molar-refractivity contribution in [1.29, 1.82) is 0 Å². The van der Waals surface area contributed by atoms with Gasteiger partial charge >= 0.3 is 5.63 Å². The summed E-state index contributed by atoms with van der Waals surface area (Å²) in [6.07, 6.45) is 7.18. The van der Waals surface area contributed by atoms with Gasteiger partial charge in [0.25, 0.3) is 0 Å². The van der Waals surface area contributed by atoms with E-state index in [1.165, 1.54) is 6.42 Å². The van der Waals surface area contributed by atoms with Gasteiger partial charge in [-0.2, -0.15) is 0 Å². The largest absolute Gasteiger partial charge is 0.486 e. The van der Waals surface area contributed by atoms with Gasteiger partial charge in [0.2, 0.25) is 0 Å². The van der Waals surface area contributed by atoms with E-state index < -0.39 is 6.10 Å². The summed E-state index contributed by atoms with van der Waals surface area (Å²) >= 11 is 0. The Kier molecular flexibility index (Phi) is 3.52. The number of ether oxygens (including phenoxy) is 1. The summed E-state index contributed by atoms with van der Waals surface area (Å²) in [7, 11) is 0. The fourth-order valence-corrected chi connectivity index (χ4v) is 5.58. The van der Waals surface area contributed by atoms with E-state index in [0.29, 0.717) is 17.9 Å². The first-order chi connectivity index (χ1) is 12.5. The van der Waals surface area contributed by atoms with Gasteiger partial charge in [-0.3, -0.25) is 0 Å². The molecule has 5 rings (SSSR count). The molecule has 2 aromatic rings. The molecule has 0 amide bonds. The van der Waals surface area contributed by atoms with Crippen LogP contribution in [0.15, 0.2) is 15.3 Å². The molecule has 4 nitrogen and oxygen atoms in total. The second-order valence-corrected chi connectivity index (χ2v) is 8.70. The lowest BCUT2D eigenvalue weighted by Crippen LogP contribution is -2.44. The first-order valence-electron chi connectivity index (χ1n) is 9.96. The molecule has 0 unspecified atom stereocenters. The van der Waals surface area contributed by atoms with Crippen molar-refractivity contribution < 1.29 is 14.3 Å². The highest BCUT2D eigenvalue weighted by atomic mass is 16.5. The van der Waals surface area contributed by atoms with Crippen LogP contribution in [0.2, 0.25) is 0 Å². The quantitative estimate of drug-likeness (QED) is 0.714. The zero-order valence-corrected chi connectivity index (χ0v) is 15.6. The maximum atomic E-state index is 12.4. The minimum absolute atomic E-state index is 0.203. The Morgan fingerprint density at radius 1 is 1.19 bits per heavy atom. The van der Waals surface area contributed by atoms with Crippen LogP contribution in [0, 0.1) is 12.8 Å². The minimum Gasteiger partial charge on any atom is -0.486 e. The lowest BCUT2D eigenvalue weighted by molar-refractivity contribution is -0.0499. The Morgan fingerprint density at radius 2 is 2.00 bits per heavy atom. The molecule has 0 bridgehead atoms. The fourth-order valence-electron chi connectivity index (χ4n) is 5.58. The monoisotopic (exact) mass is 354 g/mol. The first kappa shape index (κ1) is 16.4. The van der Waals surface area contributed by atoms with E-state index in [9.17, 15) is 9.90 Å². The van der Waals surface area contributed by atoms with Crippen molar-refractivity contribution in [2.24, 2.45) is 5.92 Å². The van der Waals surface area contributed by atoms with Crippen molar-refractivity contribution in [3.63, 3.8) is 0 Å². The molecule has 138 valence electrons. The Hall–Kier alpha value is -1.81. The third-order valence-corrected chi connectivity index (χ3v) is 6.76. The molecule has 3 aliphatic rings. The summed E-state index contributed by atoms with van der Waals surface area (Å²) in [5.74, 6) is 1.35. The van der Waals surface area contributed by atoms with Crippen molar-refractivity contribution >= 4 is 11.0 Å². The molecule has 3 atom stereocenters. The van der Waals surface area contributed by atoms with Crippen LogP contribution in [-0.4, -0.2) is 10.7 Å². The normalized spacial score (nSPS) is 30.3. The molecule has 0 radical (unpaired) electrons. The molecule has 1 spiro atoms. The second-order valence-electron chi connectivity index (χ2n) is 8.70. The predicted octanol–water partition coefficient (Wildman–Crippen LogP) is 4.35. The lowest BCUT2D eigenvalue weighted by atomic mass is 9.73. The highest BCUT2D eigenvalue weighted by Gasteiger charge is 2.44. The number of rotatable bonds is 0. The molecule has 2 aliphatic carbocycles. The van der Waals surface area contributed by atoms with E-state index in [4.69, 9.17) is 9.15 Å². The molecular formula is C22H26O4. The average Bonchev–Trinajstić information content (AvgIpc) is 3.08. The van der Waals surface area contributed by atoms with Crippen LogP contribution < -0.4 is 10.4 Å². The van der Waals surface area contributed by atoms with Gasteiger partial charge in [0.05, 0.1) is 6.10 Å². The lowest BCUT2D eigenvalue weighted by Gasteiger charge is -2.45. The Balaban J connectivity index is 1.71. The van der Waals surface area contributed by atoms with E-state index >= 15 is 0 Å². The van der Waals surface area contributed by atoms with Gasteiger partial charge in [-0.25, -0.2) is 4.79 Å². The summed E-state index contributed by atoms with van der Waals surface area (Å²) in [6, 6.07) is 2.02. The van der Waals surface area contributed by atoms with Crippen LogP contribution in [0.5, 0.6) is 5.75 Å². The molecule has 1 fully saturated rings. The Labute approximate surface area is 153 Å². The molecule has 1 saturated carbocycles. The molecule has 1 aromatic carbocycles. The summed E-state index contributed by atoms with van der Waals surface area (Å²) in [4.78, 5) is 12.4. The van der Waals surface area contributed by atoms with E-state index in [1.54, 1.807) is 0 Å². The Bertz CT molecular complexity index is 957. The van der Waals surface area contributed by atoms with Crippen molar-refractivity contribution in [1.82, 2.24) is 0 Å².